The molecule has 0 aliphatic heterocycles. The molecule has 0 saturated heterocycles. The summed E-state index contributed by atoms with van der Waals surface area (Å²) in [5, 5.41) is 12.7. The van der Waals surface area contributed by atoms with Gasteiger partial charge in [0, 0.05) is 5.56 Å². The Bertz CT molecular complexity index is 821. The smallest absolute Gasteiger partial charge is 0.344 e. The van der Waals surface area contributed by atoms with Crippen molar-refractivity contribution in [2.75, 3.05) is 7.11 Å². The maximum absolute atomic E-state index is 12.8. The number of benzene rings is 2. The lowest BCUT2D eigenvalue weighted by molar-refractivity contribution is -0.144. The quantitative estimate of drug-likeness (QED) is 0.584. The van der Waals surface area contributed by atoms with Crippen LogP contribution in [-0.4, -0.2) is 36.4 Å². The van der Waals surface area contributed by atoms with Crippen LogP contribution in [0.1, 0.15) is 22.8 Å². The third kappa shape index (κ3) is 5.04. The van der Waals surface area contributed by atoms with E-state index in [1.165, 1.54) is 44.5 Å². The van der Waals surface area contributed by atoms with E-state index in [1.807, 2.05) is 0 Å². The van der Waals surface area contributed by atoms with Gasteiger partial charge in [0.05, 0.1) is 13.3 Å². The zero-order valence-corrected chi connectivity index (χ0v) is 14.1. The number of hydrogen-bond donors (Lipinski definition) is 2. The van der Waals surface area contributed by atoms with Gasteiger partial charge in [-0.1, -0.05) is 0 Å². The van der Waals surface area contributed by atoms with E-state index in [4.69, 9.17) is 14.6 Å². The van der Waals surface area contributed by atoms with Gasteiger partial charge in [0.1, 0.15) is 5.82 Å². The molecule has 7 nitrogen and oxygen atoms in total. The van der Waals surface area contributed by atoms with Gasteiger partial charge in [-0.3, -0.25) is 4.79 Å². The molecule has 0 aromatic heterocycles. The van der Waals surface area contributed by atoms with Crippen molar-refractivity contribution in [1.82, 2.24) is 5.43 Å². The monoisotopic (exact) mass is 360 g/mol. The standard InChI is InChI=1S/C18H17FN2O5/c1-11(18(23)24)26-15-8-3-12(9-16(15)25-2)10-20-21-17(22)13-4-6-14(19)7-5-13/h3-11H,1-2H3,(H,21,22)(H,23,24)/b20-10-/t11-/m0/s1. The van der Waals surface area contributed by atoms with E-state index in [0.29, 0.717) is 11.3 Å². The number of carboxylic acid groups (broad SMARTS) is 1. The molecule has 136 valence electrons. The Morgan fingerprint density at radius 2 is 1.88 bits per heavy atom. The van der Waals surface area contributed by atoms with Gasteiger partial charge in [-0.25, -0.2) is 14.6 Å². The highest BCUT2D eigenvalue weighted by atomic mass is 19.1. The number of hydrazone groups is 1. The molecule has 2 aromatic carbocycles. The molecule has 2 N–H and O–H groups in total. The predicted octanol–water partition coefficient (Wildman–Crippen LogP) is 2.45. The van der Waals surface area contributed by atoms with Crippen molar-refractivity contribution in [2.45, 2.75) is 13.0 Å². The Kier molecular flexibility index (Phi) is 6.26. The summed E-state index contributed by atoms with van der Waals surface area (Å²) >= 11 is 0. The zero-order chi connectivity index (χ0) is 19.1. The van der Waals surface area contributed by atoms with Gasteiger partial charge in [-0.2, -0.15) is 5.10 Å². The van der Waals surface area contributed by atoms with Gasteiger partial charge < -0.3 is 14.6 Å². The predicted molar refractivity (Wildman–Crippen MR) is 92.2 cm³/mol. The summed E-state index contributed by atoms with van der Waals surface area (Å²) < 4.78 is 23.3. The molecule has 1 atom stereocenters. The van der Waals surface area contributed by atoms with Crippen LogP contribution in [0.15, 0.2) is 47.6 Å². The second-order valence-corrected chi connectivity index (χ2v) is 5.21. The molecule has 0 unspecified atom stereocenters. The summed E-state index contributed by atoms with van der Waals surface area (Å²) in [5.41, 5.74) is 3.19. The number of aliphatic carboxylic acids is 1. The van der Waals surface area contributed by atoms with E-state index in [0.717, 1.165) is 0 Å². The first-order valence-electron chi connectivity index (χ1n) is 7.57. The Morgan fingerprint density at radius 1 is 1.19 bits per heavy atom. The van der Waals surface area contributed by atoms with Crippen LogP contribution in [0, 0.1) is 5.82 Å². The van der Waals surface area contributed by atoms with E-state index in [2.05, 4.69) is 10.5 Å². The molecule has 2 aromatic rings. The number of methoxy groups -OCH3 is 1. The molecule has 0 spiro atoms. The Hall–Kier alpha value is -3.42. The first-order valence-corrected chi connectivity index (χ1v) is 7.57. The van der Waals surface area contributed by atoms with Gasteiger partial charge in [0.2, 0.25) is 0 Å². The molecule has 2 rings (SSSR count). The Labute approximate surface area is 149 Å². The highest BCUT2D eigenvalue weighted by molar-refractivity contribution is 5.94. The van der Waals surface area contributed by atoms with Gasteiger partial charge in [-0.05, 0) is 55.0 Å². The van der Waals surface area contributed by atoms with Gasteiger partial charge in [-0.15, -0.1) is 0 Å². The lowest BCUT2D eigenvalue weighted by Crippen LogP contribution is -2.23. The van der Waals surface area contributed by atoms with Crippen LogP contribution in [-0.2, 0) is 4.79 Å². The lowest BCUT2D eigenvalue weighted by atomic mass is 10.2. The summed E-state index contributed by atoms with van der Waals surface area (Å²) in [6.45, 7) is 1.40. The van der Waals surface area contributed by atoms with Gasteiger partial charge in [0.15, 0.2) is 17.6 Å². The second kappa shape index (κ2) is 8.61. The van der Waals surface area contributed by atoms with Crippen molar-refractivity contribution in [3.63, 3.8) is 0 Å². The summed E-state index contributed by atoms with van der Waals surface area (Å²) in [5.74, 6) is -1.41. The second-order valence-electron chi connectivity index (χ2n) is 5.21. The minimum absolute atomic E-state index is 0.271. The average Bonchev–Trinajstić information content (AvgIpc) is 2.63. The molecule has 1 amide bonds. The van der Waals surface area contributed by atoms with Crippen LogP contribution in [0.25, 0.3) is 0 Å². The third-order valence-electron chi connectivity index (χ3n) is 3.33. The summed E-state index contributed by atoms with van der Waals surface area (Å²) in [6.07, 6.45) is 0.354. The van der Waals surface area contributed by atoms with Crippen LogP contribution < -0.4 is 14.9 Å². The summed E-state index contributed by atoms with van der Waals surface area (Å²) in [7, 11) is 1.42. The Balaban J connectivity index is 2.04. The fraction of sp³-hybridized carbons (Fsp3) is 0.167. The van der Waals surface area contributed by atoms with Crippen LogP contribution in [0.4, 0.5) is 4.39 Å². The number of carbonyl (C=O) groups is 2. The Morgan fingerprint density at radius 3 is 2.50 bits per heavy atom. The molecule has 0 saturated carbocycles. The van der Waals surface area contributed by atoms with Crippen molar-refractivity contribution >= 4 is 18.1 Å². The third-order valence-corrected chi connectivity index (χ3v) is 3.33. The molecule has 0 fully saturated rings. The highest BCUT2D eigenvalue weighted by Gasteiger charge is 2.15. The minimum Gasteiger partial charge on any atom is -0.493 e. The maximum Gasteiger partial charge on any atom is 0.344 e. The zero-order valence-electron chi connectivity index (χ0n) is 14.1. The number of hydrogen-bond acceptors (Lipinski definition) is 5. The molecule has 0 radical (unpaired) electrons. The highest BCUT2D eigenvalue weighted by Crippen LogP contribution is 2.28. The molecule has 0 aliphatic rings. The SMILES string of the molecule is COc1cc(/C=N\NC(=O)c2ccc(F)cc2)ccc1O[C@@H](C)C(=O)O. The fourth-order valence-corrected chi connectivity index (χ4v) is 1.93. The van der Waals surface area contributed by atoms with Crippen molar-refractivity contribution < 1.29 is 28.6 Å². The van der Waals surface area contributed by atoms with Crippen LogP contribution in [0.3, 0.4) is 0 Å². The van der Waals surface area contributed by atoms with E-state index < -0.39 is 23.8 Å². The molecule has 0 bridgehead atoms. The molecule has 26 heavy (non-hydrogen) atoms. The molecule has 0 heterocycles. The molecular weight excluding hydrogens is 343 g/mol. The van der Waals surface area contributed by atoms with Crippen molar-refractivity contribution in [3.8, 4) is 11.5 Å². The number of carboxylic acids is 1. The van der Waals surface area contributed by atoms with Crippen LogP contribution in [0.5, 0.6) is 11.5 Å². The largest absolute Gasteiger partial charge is 0.493 e. The van der Waals surface area contributed by atoms with Crippen LogP contribution in [0.2, 0.25) is 0 Å². The number of nitrogens with one attached hydrogen (secondary N) is 1. The number of ether oxygens (including phenoxy) is 2. The maximum atomic E-state index is 12.8. The molecule has 8 heteroatoms. The van der Waals surface area contributed by atoms with E-state index in [1.54, 1.807) is 18.2 Å². The van der Waals surface area contributed by atoms with Gasteiger partial charge >= 0.3 is 5.97 Å². The number of nitrogens with zero attached hydrogens (tertiary/aromatic N) is 1. The number of carbonyl (C=O) groups excluding carboxylic acids is 1. The van der Waals surface area contributed by atoms with Gasteiger partial charge in [0.25, 0.3) is 5.91 Å². The molecular formula is C18H17FN2O5. The topological polar surface area (TPSA) is 97.2 Å². The average molecular weight is 360 g/mol. The first kappa shape index (κ1) is 18.9. The minimum atomic E-state index is -1.10. The van der Waals surface area contributed by atoms with Crippen LogP contribution >= 0.6 is 0 Å². The van der Waals surface area contributed by atoms with Crippen molar-refractivity contribution in [1.29, 1.82) is 0 Å². The van der Waals surface area contributed by atoms with E-state index in [9.17, 15) is 14.0 Å². The van der Waals surface area contributed by atoms with E-state index >= 15 is 0 Å². The molecule has 0 aliphatic carbocycles. The fourth-order valence-electron chi connectivity index (χ4n) is 1.93. The lowest BCUT2D eigenvalue weighted by Gasteiger charge is -2.13. The summed E-state index contributed by atoms with van der Waals surface area (Å²) in [6, 6.07) is 9.80. The summed E-state index contributed by atoms with van der Waals surface area (Å²) in [4.78, 5) is 22.7. The van der Waals surface area contributed by atoms with E-state index in [-0.39, 0.29) is 11.3 Å². The normalized spacial score (nSPS) is 11.8. The number of halogens is 1. The number of amides is 1. The first-order chi connectivity index (χ1) is 12.4. The van der Waals surface area contributed by atoms with Crippen molar-refractivity contribution in [3.05, 3.63) is 59.4 Å². The number of rotatable bonds is 7. The van der Waals surface area contributed by atoms with Crippen molar-refractivity contribution in [2.24, 2.45) is 5.10 Å².